The number of nitrogens with zero attached hydrogens (tertiary/aromatic N) is 3. The SMILES string of the molecule is CC1CCCCC1N(C)S(=O)(=O)c1cnc(Cl)nc1. The Labute approximate surface area is 119 Å². The molecule has 2 atom stereocenters. The molecule has 0 aromatic carbocycles. The fourth-order valence-corrected chi connectivity index (χ4v) is 4.09. The van der Waals surface area contributed by atoms with Crippen LogP contribution in [0.4, 0.5) is 0 Å². The normalized spacial score (nSPS) is 24.6. The van der Waals surface area contributed by atoms with Crippen molar-refractivity contribution < 1.29 is 8.42 Å². The topological polar surface area (TPSA) is 63.2 Å². The molecule has 1 heterocycles. The summed E-state index contributed by atoms with van der Waals surface area (Å²) in [4.78, 5) is 7.58. The highest BCUT2D eigenvalue weighted by Crippen LogP contribution is 2.30. The summed E-state index contributed by atoms with van der Waals surface area (Å²) < 4.78 is 26.4. The zero-order valence-electron chi connectivity index (χ0n) is 11.1. The molecule has 0 saturated heterocycles. The van der Waals surface area contributed by atoms with Gasteiger partial charge in [-0.3, -0.25) is 0 Å². The maximum atomic E-state index is 12.5. The van der Waals surface area contributed by atoms with Crippen molar-refractivity contribution in [2.24, 2.45) is 5.92 Å². The van der Waals surface area contributed by atoms with Crippen molar-refractivity contribution in [3.05, 3.63) is 17.7 Å². The third-order valence-corrected chi connectivity index (χ3v) is 5.84. The zero-order valence-corrected chi connectivity index (χ0v) is 12.7. The number of hydrogen-bond donors (Lipinski definition) is 0. The van der Waals surface area contributed by atoms with Gasteiger partial charge in [-0.25, -0.2) is 18.4 Å². The Hall–Kier alpha value is -0.720. The highest BCUT2D eigenvalue weighted by Gasteiger charge is 2.33. The summed E-state index contributed by atoms with van der Waals surface area (Å²) in [6.07, 6.45) is 6.75. The predicted molar refractivity (Wildman–Crippen MR) is 73.4 cm³/mol. The van der Waals surface area contributed by atoms with Gasteiger partial charge in [-0.1, -0.05) is 19.8 Å². The van der Waals surface area contributed by atoms with E-state index in [4.69, 9.17) is 11.6 Å². The first kappa shape index (κ1) is 14.7. The molecule has 0 N–H and O–H groups in total. The van der Waals surface area contributed by atoms with Gasteiger partial charge < -0.3 is 0 Å². The zero-order chi connectivity index (χ0) is 14.0. The molecule has 1 fully saturated rings. The lowest BCUT2D eigenvalue weighted by Crippen LogP contribution is -2.42. The molecule has 2 unspecified atom stereocenters. The molecule has 0 spiro atoms. The van der Waals surface area contributed by atoms with E-state index in [9.17, 15) is 8.42 Å². The van der Waals surface area contributed by atoms with Crippen LogP contribution in [-0.4, -0.2) is 35.8 Å². The minimum absolute atomic E-state index is 0.0487. The van der Waals surface area contributed by atoms with Crippen molar-refractivity contribution in [1.82, 2.24) is 14.3 Å². The summed E-state index contributed by atoms with van der Waals surface area (Å²) in [5.41, 5.74) is 0. The van der Waals surface area contributed by atoms with Gasteiger partial charge in [0.15, 0.2) is 0 Å². The van der Waals surface area contributed by atoms with E-state index in [0.29, 0.717) is 5.92 Å². The molecule has 1 aliphatic rings. The number of halogens is 1. The van der Waals surface area contributed by atoms with Crippen LogP contribution in [0.2, 0.25) is 5.28 Å². The van der Waals surface area contributed by atoms with Crippen molar-refractivity contribution in [3.63, 3.8) is 0 Å². The van der Waals surface area contributed by atoms with E-state index >= 15 is 0 Å². The molecular weight excluding hydrogens is 286 g/mol. The molecule has 106 valence electrons. The van der Waals surface area contributed by atoms with E-state index in [-0.39, 0.29) is 16.2 Å². The van der Waals surface area contributed by atoms with Gasteiger partial charge in [-0.2, -0.15) is 4.31 Å². The lowest BCUT2D eigenvalue weighted by atomic mass is 9.86. The molecule has 7 heteroatoms. The van der Waals surface area contributed by atoms with Crippen LogP contribution in [0.25, 0.3) is 0 Å². The number of aromatic nitrogens is 2. The molecule has 0 amide bonds. The smallest absolute Gasteiger partial charge is 0.225 e. The molecule has 1 aromatic rings. The molecule has 0 aliphatic heterocycles. The Morgan fingerprint density at radius 1 is 1.26 bits per heavy atom. The highest BCUT2D eigenvalue weighted by atomic mass is 35.5. The minimum atomic E-state index is -3.54. The summed E-state index contributed by atoms with van der Waals surface area (Å²) in [7, 11) is -1.90. The second-order valence-corrected chi connectivity index (χ2v) is 7.37. The maximum Gasteiger partial charge on any atom is 0.246 e. The van der Waals surface area contributed by atoms with Crippen LogP contribution in [0.5, 0.6) is 0 Å². The predicted octanol–water partition coefficient (Wildman–Crippen LogP) is 2.33. The van der Waals surface area contributed by atoms with Crippen LogP contribution in [0.15, 0.2) is 17.3 Å². The summed E-state index contributed by atoms with van der Waals surface area (Å²) in [6.45, 7) is 2.11. The molecule has 19 heavy (non-hydrogen) atoms. The first-order valence-electron chi connectivity index (χ1n) is 6.38. The number of sulfonamides is 1. The average Bonchev–Trinajstić information content (AvgIpc) is 2.39. The molecule has 0 radical (unpaired) electrons. The Morgan fingerprint density at radius 2 is 1.84 bits per heavy atom. The van der Waals surface area contributed by atoms with Crippen LogP contribution in [-0.2, 0) is 10.0 Å². The van der Waals surface area contributed by atoms with Gasteiger partial charge in [0.1, 0.15) is 4.90 Å². The Balaban J connectivity index is 2.25. The Morgan fingerprint density at radius 3 is 2.42 bits per heavy atom. The van der Waals surface area contributed by atoms with Crippen LogP contribution >= 0.6 is 11.6 Å². The van der Waals surface area contributed by atoms with Crippen molar-refractivity contribution >= 4 is 21.6 Å². The molecular formula is C12H18ClN3O2S. The molecule has 0 bridgehead atoms. The van der Waals surface area contributed by atoms with Gasteiger partial charge in [0, 0.05) is 13.1 Å². The lowest BCUT2D eigenvalue weighted by Gasteiger charge is -2.35. The van der Waals surface area contributed by atoms with Gasteiger partial charge in [-0.15, -0.1) is 0 Å². The lowest BCUT2D eigenvalue weighted by molar-refractivity contribution is 0.213. The quantitative estimate of drug-likeness (QED) is 0.804. The van der Waals surface area contributed by atoms with Gasteiger partial charge in [0.05, 0.1) is 12.4 Å². The standard InChI is InChI=1S/C12H18ClN3O2S/c1-9-5-3-4-6-11(9)16(2)19(17,18)10-7-14-12(13)15-8-10/h7-9,11H,3-6H2,1-2H3. The van der Waals surface area contributed by atoms with Gasteiger partial charge in [0.25, 0.3) is 0 Å². The van der Waals surface area contributed by atoms with Crippen LogP contribution in [0.1, 0.15) is 32.6 Å². The van der Waals surface area contributed by atoms with Crippen molar-refractivity contribution in [3.8, 4) is 0 Å². The van der Waals surface area contributed by atoms with Crippen molar-refractivity contribution in [2.75, 3.05) is 7.05 Å². The molecule has 5 nitrogen and oxygen atoms in total. The largest absolute Gasteiger partial charge is 0.246 e. The van der Waals surface area contributed by atoms with E-state index in [1.165, 1.54) is 23.1 Å². The summed E-state index contributed by atoms with van der Waals surface area (Å²) in [5.74, 6) is 0.377. The van der Waals surface area contributed by atoms with Crippen LogP contribution in [0, 0.1) is 5.92 Å². The fraction of sp³-hybridized carbons (Fsp3) is 0.667. The third-order valence-electron chi connectivity index (χ3n) is 3.81. The monoisotopic (exact) mass is 303 g/mol. The fourth-order valence-electron chi connectivity index (χ4n) is 2.62. The second kappa shape index (κ2) is 5.73. The first-order chi connectivity index (χ1) is 8.93. The molecule has 1 aromatic heterocycles. The van der Waals surface area contributed by atoms with Crippen molar-refractivity contribution in [2.45, 2.75) is 43.5 Å². The summed E-state index contributed by atoms with van der Waals surface area (Å²) in [5, 5.41) is 0.0487. The Bertz CT molecular complexity index is 532. The molecule has 1 saturated carbocycles. The van der Waals surface area contributed by atoms with Gasteiger partial charge in [-0.05, 0) is 30.4 Å². The van der Waals surface area contributed by atoms with E-state index in [0.717, 1.165) is 19.3 Å². The van der Waals surface area contributed by atoms with E-state index in [1.54, 1.807) is 7.05 Å². The summed E-state index contributed by atoms with van der Waals surface area (Å²) >= 11 is 5.58. The van der Waals surface area contributed by atoms with Gasteiger partial charge >= 0.3 is 0 Å². The highest BCUT2D eigenvalue weighted by molar-refractivity contribution is 7.89. The first-order valence-corrected chi connectivity index (χ1v) is 8.20. The maximum absolute atomic E-state index is 12.5. The molecule has 2 rings (SSSR count). The number of hydrogen-bond acceptors (Lipinski definition) is 4. The second-order valence-electron chi connectivity index (χ2n) is 5.04. The molecule has 1 aliphatic carbocycles. The third kappa shape index (κ3) is 3.07. The minimum Gasteiger partial charge on any atom is -0.225 e. The van der Waals surface area contributed by atoms with E-state index < -0.39 is 10.0 Å². The van der Waals surface area contributed by atoms with E-state index in [2.05, 4.69) is 16.9 Å². The van der Waals surface area contributed by atoms with Gasteiger partial charge in [0.2, 0.25) is 15.3 Å². The van der Waals surface area contributed by atoms with Crippen LogP contribution < -0.4 is 0 Å². The number of rotatable bonds is 3. The summed E-state index contributed by atoms with van der Waals surface area (Å²) in [6, 6.07) is 0.0504. The van der Waals surface area contributed by atoms with E-state index in [1.807, 2.05) is 0 Å². The Kier molecular flexibility index (Phi) is 4.43. The van der Waals surface area contributed by atoms with Crippen molar-refractivity contribution in [1.29, 1.82) is 0 Å². The average molecular weight is 304 g/mol. The van der Waals surface area contributed by atoms with Crippen LogP contribution in [0.3, 0.4) is 0 Å².